The fraction of sp³-hybridized carbons (Fsp3) is 0.571. The first kappa shape index (κ1) is 7.27. The predicted octanol–water partition coefficient (Wildman–Crippen LogP) is 1.00. The Morgan fingerprint density at radius 2 is 2.50 bits per heavy atom. The van der Waals surface area contributed by atoms with Crippen LogP contribution >= 0.6 is 0 Å². The van der Waals surface area contributed by atoms with E-state index in [4.69, 9.17) is 0 Å². The summed E-state index contributed by atoms with van der Waals surface area (Å²) in [5.74, 6) is 1.39. The largest absolute Gasteiger partial charge is 0.246 e. The normalized spacial score (nSPS) is 21.8. The Morgan fingerprint density at radius 1 is 1.67 bits per heavy atom. The van der Waals surface area contributed by atoms with E-state index in [1.54, 1.807) is 0 Å². The minimum absolute atomic E-state index is 0.599. The molecule has 5 heteroatoms. The molecule has 1 heterocycles. The Balaban J connectivity index is 1.86. The number of nitrogens with zero attached hydrogens (tertiary/aromatic N) is 3. The summed E-state index contributed by atoms with van der Waals surface area (Å²) in [7, 11) is 0. The Hall–Kier alpha value is -1.39. The average molecular weight is 165 g/mol. The first-order valence-corrected chi connectivity index (χ1v) is 4.01. The number of hydrazone groups is 1. The number of hydrogen-bond acceptors (Lipinski definition) is 4. The maximum absolute atomic E-state index is 4.16. The van der Waals surface area contributed by atoms with Crippen LogP contribution in [0.3, 0.4) is 0 Å². The minimum Gasteiger partial charge on any atom is -0.246 e. The molecule has 1 aliphatic rings. The van der Waals surface area contributed by atoms with E-state index >= 15 is 0 Å². The lowest BCUT2D eigenvalue weighted by Gasteiger charge is -2.22. The Bertz CT molecular complexity index is 268. The number of anilines is 1. The van der Waals surface area contributed by atoms with Crippen LogP contribution < -0.4 is 5.43 Å². The van der Waals surface area contributed by atoms with Crippen molar-refractivity contribution in [3.05, 3.63) is 6.33 Å². The standard InChI is InChI=1S/C7H11N5/c1-5-2-6(3-5)10-12-7-8-4-9-11-7/h4-5H,2-3H2,1H3,(H2,8,9,11,12). The van der Waals surface area contributed by atoms with Crippen LogP contribution in [0.25, 0.3) is 0 Å². The highest BCUT2D eigenvalue weighted by atomic mass is 15.4. The highest BCUT2D eigenvalue weighted by molar-refractivity contribution is 5.90. The SMILES string of the molecule is CC1CC(=NNc2ncn[nH]2)C1. The Morgan fingerprint density at radius 3 is 3.08 bits per heavy atom. The molecule has 0 saturated heterocycles. The second-order valence-electron chi connectivity index (χ2n) is 3.14. The van der Waals surface area contributed by atoms with Gasteiger partial charge in [0.15, 0.2) is 0 Å². The minimum atomic E-state index is 0.599. The predicted molar refractivity (Wildman–Crippen MR) is 45.8 cm³/mol. The molecule has 1 aromatic rings. The summed E-state index contributed by atoms with van der Waals surface area (Å²) in [5, 5.41) is 10.5. The van der Waals surface area contributed by atoms with E-state index in [2.05, 4.69) is 32.6 Å². The summed E-state index contributed by atoms with van der Waals surface area (Å²) in [5.41, 5.74) is 4.01. The van der Waals surface area contributed by atoms with Crippen molar-refractivity contribution in [3.8, 4) is 0 Å². The third-order valence-electron chi connectivity index (χ3n) is 1.90. The monoisotopic (exact) mass is 165 g/mol. The molecular weight excluding hydrogens is 154 g/mol. The smallest absolute Gasteiger partial charge is 0.239 e. The molecule has 12 heavy (non-hydrogen) atoms. The number of hydrogen-bond donors (Lipinski definition) is 2. The van der Waals surface area contributed by atoms with E-state index in [0.29, 0.717) is 5.95 Å². The molecule has 0 radical (unpaired) electrons. The van der Waals surface area contributed by atoms with Gasteiger partial charge in [-0.15, -0.1) is 0 Å². The zero-order valence-corrected chi connectivity index (χ0v) is 6.91. The van der Waals surface area contributed by atoms with Crippen molar-refractivity contribution in [2.24, 2.45) is 11.0 Å². The highest BCUT2D eigenvalue weighted by Crippen LogP contribution is 2.22. The van der Waals surface area contributed by atoms with Gasteiger partial charge in [-0.1, -0.05) is 6.92 Å². The van der Waals surface area contributed by atoms with E-state index in [1.165, 1.54) is 12.0 Å². The molecule has 1 saturated carbocycles. The molecule has 0 aromatic carbocycles. The molecule has 2 N–H and O–H groups in total. The second-order valence-corrected chi connectivity index (χ2v) is 3.14. The molecular formula is C7H11N5. The maximum atomic E-state index is 4.16. The summed E-state index contributed by atoms with van der Waals surface area (Å²) >= 11 is 0. The van der Waals surface area contributed by atoms with Gasteiger partial charge in [-0.25, -0.2) is 10.5 Å². The Kier molecular flexibility index (Phi) is 1.77. The zero-order valence-electron chi connectivity index (χ0n) is 6.91. The molecule has 5 nitrogen and oxygen atoms in total. The van der Waals surface area contributed by atoms with Crippen LogP contribution in [0.2, 0.25) is 0 Å². The van der Waals surface area contributed by atoms with Crippen LogP contribution in [0, 0.1) is 5.92 Å². The number of H-pyrrole nitrogens is 1. The first-order chi connectivity index (χ1) is 5.84. The molecule has 0 amide bonds. The molecule has 2 rings (SSSR count). The molecule has 0 spiro atoms. The summed E-state index contributed by atoms with van der Waals surface area (Å²) in [6.07, 6.45) is 3.65. The molecule has 0 atom stereocenters. The molecule has 0 unspecified atom stereocenters. The lowest BCUT2D eigenvalue weighted by atomic mass is 9.85. The van der Waals surface area contributed by atoms with Gasteiger partial charge < -0.3 is 0 Å². The van der Waals surface area contributed by atoms with Gasteiger partial charge in [0.05, 0.1) is 0 Å². The van der Waals surface area contributed by atoms with Crippen molar-refractivity contribution in [3.63, 3.8) is 0 Å². The zero-order chi connectivity index (χ0) is 8.39. The first-order valence-electron chi connectivity index (χ1n) is 4.01. The van der Waals surface area contributed by atoms with Crippen molar-refractivity contribution in [2.45, 2.75) is 19.8 Å². The van der Waals surface area contributed by atoms with Crippen LogP contribution in [0.4, 0.5) is 5.95 Å². The number of rotatable bonds is 2. The molecule has 64 valence electrons. The van der Waals surface area contributed by atoms with E-state index < -0.39 is 0 Å². The van der Waals surface area contributed by atoms with Crippen LogP contribution in [-0.4, -0.2) is 20.9 Å². The lowest BCUT2D eigenvalue weighted by Crippen LogP contribution is -2.21. The van der Waals surface area contributed by atoms with E-state index in [0.717, 1.165) is 18.8 Å². The fourth-order valence-corrected chi connectivity index (χ4v) is 1.23. The van der Waals surface area contributed by atoms with Gasteiger partial charge in [0.25, 0.3) is 0 Å². The van der Waals surface area contributed by atoms with E-state index in [9.17, 15) is 0 Å². The number of nitrogens with one attached hydrogen (secondary N) is 2. The van der Waals surface area contributed by atoms with Crippen LogP contribution in [0.1, 0.15) is 19.8 Å². The number of aromatic nitrogens is 3. The molecule has 1 aromatic heterocycles. The van der Waals surface area contributed by atoms with Gasteiger partial charge >= 0.3 is 0 Å². The van der Waals surface area contributed by atoms with Crippen molar-refractivity contribution in [1.29, 1.82) is 0 Å². The summed E-state index contributed by atoms with van der Waals surface area (Å²) in [6, 6.07) is 0. The van der Waals surface area contributed by atoms with E-state index in [-0.39, 0.29) is 0 Å². The molecule has 1 fully saturated rings. The fourth-order valence-electron chi connectivity index (χ4n) is 1.23. The van der Waals surface area contributed by atoms with Gasteiger partial charge in [0.1, 0.15) is 6.33 Å². The van der Waals surface area contributed by atoms with Gasteiger partial charge in [-0.05, 0) is 18.8 Å². The lowest BCUT2D eigenvalue weighted by molar-refractivity contribution is 0.554. The highest BCUT2D eigenvalue weighted by Gasteiger charge is 2.19. The van der Waals surface area contributed by atoms with Gasteiger partial charge in [-0.2, -0.15) is 15.2 Å². The van der Waals surface area contributed by atoms with Gasteiger partial charge in [-0.3, -0.25) is 0 Å². The van der Waals surface area contributed by atoms with Gasteiger partial charge in [0, 0.05) is 5.71 Å². The van der Waals surface area contributed by atoms with Crippen molar-refractivity contribution in [2.75, 3.05) is 5.43 Å². The molecule has 1 aliphatic carbocycles. The van der Waals surface area contributed by atoms with Crippen LogP contribution in [0.15, 0.2) is 11.4 Å². The third kappa shape index (κ3) is 1.44. The van der Waals surface area contributed by atoms with Crippen molar-refractivity contribution >= 4 is 11.7 Å². The van der Waals surface area contributed by atoms with Crippen LogP contribution in [-0.2, 0) is 0 Å². The summed E-state index contributed by atoms with van der Waals surface area (Å²) in [6.45, 7) is 2.22. The van der Waals surface area contributed by atoms with Crippen molar-refractivity contribution in [1.82, 2.24) is 15.2 Å². The summed E-state index contributed by atoms with van der Waals surface area (Å²) < 4.78 is 0. The second kappa shape index (κ2) is 2.92. The Labute approximate surface area is 70.3 Å². The van der Waals surface area contributed by atoms with Crippen molar-refractivity contribution < 1.29 is 0 Å². The van der Waals surface area contributed by atoms with Crippen LogP contribution in [0.5, 0.6) is 0 Å². The molecule has 0 bridgehead atoms. The molecule has 0 aliphatic heterocycles. The topological polar surface area (TPSA) is 66.0 Å². The maximum Gasteiger partial charge on any atom is 0.239 e. The number of aromatic amines is 1. The van der Waals surface area contributed by atoms with Gasteiger partial charge in [0.2, 0.25) is 5.95 Å². The average Bonchev–Trinajstić information content (AvgIpc) is 2.47. The van der Waals surface area contributed by atoms with E-state index in [1.807, 2.05) is 0 Å². The third-order valence-corrected chi connectivity index (χ3v) is 1.90. The quantitative estimate of drug-likeness (QED) is 0.642. The summed E-state index contributed by atoms with van der Waals surface area (Å²) in [4.78, 5) is 3.88.